The Morgan fingerprint density at radius 1 is 1.11 bits per heavy atom. The van der Waals surface area contributed by atoms with E-state index in [1.165, 1.54) is 4.90 Å². The zero-order valence-corrected chi connectivity index (χ0v) is 20.4. The molecule has 0 radical (unpaired) electrons. The molecular weight excluding hydrogens is 472 g/mol. The molecule has 188 valence electrons. The Labute approximate surface area is 209 Å². The number of amides is 2. The molecule has 8 nitrogen and oxygen atoms in total. The molecule has 3 N–H and O–H groups in total. The fourth-order valence-electron chi connectivity index (χ4n) is 4.28. The number of hydrogen-bond acceptors (Lipinski definition) is 5. The highest BCUT2D eigenvalue weighted by atomic mass is 35.5. The molecule has 1 heterocycles. The van der Waals surface area contributed by atoms with E-state index in [0.29, 0.717) is 30.6 Å². The third-order valence-corrected chi connectivity index (χ3v) is 6.46. The van der Waals surface area contributed by atoms with E-state index in [1.807, 2.05) is 42.5 Å². The van der Waals surface area contributed by atoms with Crippen molar-refractivity contribution in [2.24, 2.45) is 5.92 Å². The van der Waals surface area contributed by atoms with E-state index < -0.39 is 29.9 Å². The first kappa shape index (κ1) is 26.7. The number of likely N-dealkylation sites (tertiary alicyclic amines) is 1. The maximum absolute atomic E-state index is 12.7. The van der Waals surface area contributed by atoms with Crippen molar-refractivity contribution in [1.29, 1.82) is 0 Å². The SMILES string of the molecule is COCC1CCN(C(=O)C(=O)N[C@H](Cc2ccc(-c3cccc(Cl)c3)cc2)C[C@@H](O)C(=O)O)CC1. The van der Waals surface area contributed by atoms with Crippen molar-refractivity contribution in [3.05, 3.63) is 59.1 Å². The number of aliphatic hydroxyl groups excluding tert-OH is 1. The Balaban J connectivity index is 1.65. The number of aliphatic hydroxyl groups is 1. The van der Waals surface area contributed by atoms with Crippen LogP contribution in [0.4, 0.5) is 0 Å². The molecular formula is C26H31ClN2O6. The van der Waals surface area contributed by atoms with Gasteiger partial charge in [-0.25, -0.2) is 4.79 Å². The molecule has 0 saturated carbocycles. The second-order valence-electron chi connectivity index (χ2n) is 8.86. The molecule has 0 spiro atoms. The predicted octanol–water partition coefficient (Wildman–Crippen LogP) is 2.75. The van der Waals surface area contributed by atoms with E-state index in [4.69, 9.17) is 21.4 Å². The monoisotopic (exact) mass is 502 g/mol. The minimum absolute atomic E-state index is 0.222. The molecule has 0 aliphatic carbocycles. The third-order valence-electron chi connectivity index (χ3n) is 6.22. The number of piperidine rings is 1. The van der Waals surface area contributed by atoms with Gasteiger partial charge in [0.2, 0.25) is 0 Å². The van der Waals surface area contributed by atoms with Crippen molar-refractivity contribution >= 4 is 29.4 Å². The van der Waals surface area contributed by atoms with E-state index in [2.05, 4.69) is 5.32 Å². The molecule has 0 unspecified atom stereocenters. The number of methoxy groups -OCH3 is 1. The lowest BCUT2D eigenvalue weighted by atomic mass is 9.97. The van der Waals surface area contributed by atoms with Gasteiger partial charge in [0, 0.05) is 44.3 Å². The highest BCUT2D eigenvalue weighted by Crippen LogP contribution is 2.24. The smallest absolute Gasteiger partial charge is 0.332 e. The molecule has 1 aliphatic heterocycles. The number of hydrogen-bond donors (Lipinski definition) is 3. The van der Waals surface area contributed by atoms with Crippen LogP contribution in [-0.2, 0) is 25.5 Å². The molecule has 2 aromatic carbocycles. The standard InChI is InChI=1S/C26H31ClN2O6/c1-35-16-18-9-11-29(12-10-18)25(32)24(31)28-22(15-23(30)26(33)34)13-17-5-7-19(8-6-17)20-3-2-4-21(27)14-20/h2-8,14,18,22-23,30H,9-13,15-16H2,1H3,(H,28,31)(H,33,34)/t22-,23-/m1/s1. The zero-order chi connectivity index (χ0) is 25.4. The van der Waals surface area contributed by atoms with Gasteiger partial charge in [-0.2, -0.15) is 0 Å². The molecule has 35 heavy (non-hydrogen) atoms. The fraction of sp³-hybridized carbons (Fsp3) is 0.423. The van der Waals surface area contributed by atoms with E-state index >= 15 is 0 Å². The lowest BCUT2D eigenvalue weighted by Gasteiger charge is -2.31. The Hall–Kier alpha value is -2.94. The van der Waals surface area contributed by atoms with Crippen LogP contribution in [0.2, 0.25) is 5.02 Å². The number of rotatable bonds is 9. The number of nitrogens with one attached hydrogen (secondary N) is 1. The minimum atomic E-state index is -1.66. The van der Waals surface area contributed by atoms with E-state index in [0.717, 1.165) is 29.5 Å². The van der Waals surface area contributed by atoms with E-state index in [9.17, 15) is 19.5 Å². The largest absolute Gasteiger partial charge is 0.479 e. The van der Waals surface area contributed by atoms with Crippen molar-refractivity contribution in [3.63, 3.8) is 0 Å². The van der Waals surface area contributed by atoms with Crippen LogP contribution < -0.4 is 5.32 Å². The van der Waals surface area contributed by atoms with Gasteiger partial charge in [-0.3, -0.25) is 9.59 Å². The number of carbonyl (C=O) groups excluding carboxylic acids is 2. The summed E-state index contributed by atoms with van der Waals surface area (Å²) >= 11 is 6.07. The number of halogens is 1. The summed E-state index contributed by atoms with van der Waals surface area (Å²) in [6.45, 7) is 1.56. The second-order valence-corrected chi connectivity index (χ2v) is 9.30. The van der Waals surface area contributed by atoms with Crippen molar-refractivity contribution in [2.75, 3.05) is 26.8 Å². The predicted molar refractivity (Wildman–Crippen MR) is 132 cm³/mol. The molecule has 2 atom stereocenters. The van der Waals surface area contributed by atoms with Crippen LogP contribution in [0.1, 0.15) is 24.8 Å². The molecule has 1 fully saturated rings. The average molecular weight is 503 g/mol. The Kier molecular flexibility index (Phi) is 9.65. The first-order valence-electron chi connectivity index (χ1n) is 11.6. The van der Waals surface area contributed by atoms with Gasteiger partial charge in [0.25, 0.3) is 0 Å². The number of carboxylic acid groups (broad SMARTS) is 1. The maximum atomic E-state index is 12.7. The summed E-state index contributed by atoms with van der Waals surface area (Å²) in [5, 5.41) is 22.3. The highest BCUT2D eigenvalue weighted by Gasteiger charge is 2.29. The van der Waals surface area contributed by atoms with Gasteiger partial charge in [0.05, 0.1) is 0 Å². The van der Waals surface area contributed by atoms with Crippen molar-refractivity contribution in [1.82, 2.24) is 10.2 Å². The van der Waals surface area contributed by atoms with E-state index in [1.54, 1.807) is 13.2 Å². The van der Waals surface area contributed by atoms with Crippen LogP contribution in [0.5, 0.6) is 0 Å². The molecule has 1 aliphatic rings. The number of aliphatic carboxylic acids is 1. The van der Waals surface area contributed by atoms with Gasteiger partial charge in [0.15, 0.2) is 6.10 Å². The van der Waals surface area contributed by atoms with Gasteiger partial charge < -0.3 is 25.2 Å². The van der Waals surface area contributed by atoms with Gasteiger partial charge in [-0.05, 0) is 54.0 Å². The van der Waals surface area contributed by atoms with Crippen LogP contribution >= 0.6 is 11.6 Å². The summed E-state index contributed by atoms with van der Waals surface area (Å²) in [6.07, 6.45) is -0.110. The lowest BCUT2D eigenvalue weighted by Crippen LogP contribution is -2.50. The number of benzene rings is 2. The molecule has 0 aromatic heterocycles. The molecule has 0 bridgehead atoms. The van der Waals surface area contributed by atoms with Gasteiger partial charge in [-0.1, -0.05) is 48.0 Å². The Morgan fingerprint density at radius 2 is 1.80 bits per heavy atom. The average Bonchev–Trinajstić information content (AvgIpc) is 2.84. The first-order chi connectivity index (χ1) is 16.8. The van der Waals surface area contributed by atoms with Gasteiger partial charge >= 0.3 is 17.8 Å². The number of ether oxygens (including phenoxy) is 1. The molecule has 1 saturated heterocycles. The summed E-state index contributed by atoms with van der Waals surface area (Å²) in [4.78, 5) is 38.1. The van der Waals surface area contributed by atoms with Gasteiger partial charge in [0.1, 0.15) is 0 Å². The summed E-state index contributed by atoms with van der Waals surface area (Å²) in [5.74, 6) is -2.46. The fourth-order valence-corrected chi connectivity index (χ4v) is 4.47. The summed E-state index contributed by atoms with van der Waals surface area (Å²) in [7, 11) is 1.64. The topological polar surface area (TPSA) is 116 Å². The second kappa shape index (κ2) is 12.7. The van der Waals surface area contributed by atoms with Crippen LogP contribution in [0.3, 0.4) is 0 Å². The summed E-state index contributed by atoms with van der Waals surface area (Å²) < 4.78 is 5.17. The van der Waals surface area contributed by atoms with Crippen molar-refractivity contribution in [3.8, 4) is 11.1 Å². The molecule has 3 rings (SSSR count). The quantitative estimate of drug-likeness (QED) is 0.454. The molecule has 2 aromatic rings. The van der Waals surface area contributed by atoms with E-state index in [-0.39, 0.29) is 12.8 Å². The summed E-state index contributed by atoms with van der Waals surface area (Å²) in [5.41, 5.74) is 2.73. The molecule has 9 heteroatoms. The van der Waals surface area contributed by atoms with Crippen LogP contribution in [-0.4, -0.2) is 71.8 Å². The lowest BCUT2D eigenvalue weighted by molar-refractivity contribution is -0.149. The third kappa shape index (κ3) is 7.78. The maximum Gasteiger partial charge on any atom is 0.332 e. The number of carboxylic acids is 1. The van der Waals surface area contributed by atoms with Crippen molar-refractivity contribution < 1.29 is 29.3 Å². The minimum Gasteiger partial charge on any atom is -0.479 e. The van der Waals surface area contributed by atoms with Crippen LogP contribution in [0.15, 0.2) is 48.5 Å². The Morgan fingerprint density at radius 3 is 2.40 bits per heavy atom. The number of nitrogens with zero attached hydrogens (tertiary/aromatic N) is 1. The first-order valence-corrected chi connectivity index (χ1v) is 12.0. The van der Waals surface area contributed by atoms with Crippen LogP contribution in [0, 0.1) is 5.92 Å². The van der Waals surface area contributed by atoms with Crippen molar-refractivity contribution in [2.45, 2.75) is 37.8 Å². The Bertz CT molecular complexity index is 1020. The molecule has 2 amide bonds. The summed E-state index contributed by atoms with van der Waals surface area (Å²) in [6, 6.07) is 14.3. The number of carbonyl (C=O) groups is 3. The highest BCUT2D eigenvalue weighted by molar-refractivity contribution is 6.35. The van der Waals surface area contributed by atoms with Crippen LogP contribution in [0.25, 0.3) is 11.1 Å². The van der Waals surface area contributed by atoms with Gasteiger partial charge in [-0.15, -0.1) is 0 Å². The normalized spacial score (nSPS) is 15.9. The zero-order valence-electron chi connectivity index (χ0n) is 19.7.